The molecule has 1 aliphatic heterocycles. The normalized spacial score (nSPS) is 25.6. The molecule has 3 rings (SSSR count). The smallest absolute Gasteiger partial charge is 0.347 e. The van der Waals surface area contributed by atoms with Crippen molar-refractivity contribution in [3.05, 3.63) is 23.5 Å². The van der Waals surface area contributed by atoms with Crippen molar-refractivity contribution in [3.63, 3.8) is 0 Å². The third-order valence-corrected chi connectivity index (χ3v) is 8.18. The van der Waals surface area contributed by atoms with Gasteiger partial charge in [0.2, 0.25) is 5.60 Å². The molecule has 0 aromatic carbocycles. The number of carbonyl (C=O) groups excluding carboxylic acids is 3. The summed E-state index contributed by atoms with van der Waals surface area (Å²) in [5.41, 5.74) is 7.95. The van der Waals surface area contributed by atoms with Crippen LogP contribution in [0.1, 0.15) is 78.1 Å². The molecule has 1 aliphatic carbocycles. The Kier molecular flexibility index (Phi) is 11.1. The van der Waals surface area contributed by atoms with Gasteiger partial charge in [0.25, 0.3) is 5.84 Å². The lowest BCUT2D eigenvalue weighted by Crippen LogP contribution is -2.76. The van der Waals surface area contributed by atoms with Gasteiger partial charge in [-0.1, -0.05) is 38.6 Å². The van der Waals surface area contributed by atoms with Crippen LogP contribution < -0.4 is 16.5 Å². The maximum Gasteiger partial charge on any atom is 0.347 e. The number of nitriles is 1. The van der Waals surface area contributed by atoms with Gasteiger partial charge in [-0.15, -0.1) is 0 Å². The van der Waals surface area contributed by atoms with Gasteiger partial charge >= 0.3 is 17.8 Å². The number of esters is 2. The molecular weight excluding hydrogens is 572 g/mol. The standard InChI is InChI=1S/C30H44N6O8/c1-28(2,3)23(33)26(39)43-22-19(14-42-21(37)13-17-9-7-8-10-17)44-30(15-31,24(22)38)20-12-11-18(35-20)25(34-16-32)36-27(40)29(4,5)41-6/h11-12,16-17,19,22-24,35,38H,7-10,13-14,33H2,1-6H3,(H2,32,34,36,40)/p+1/t19-,22-,23-,24-,30+/m1/s1. The second kappa shape index (κ2) is 14.0. The van der Waals surface area contributed by atoms with E-state index in [-0.39, 0.29) is 36.2 Å². The van der Waals surface area contributed by atoms with Gasteiger partial charge in [0.05, 0.1) is 5.69 Å². The number of amides is 1. The summed E-state index contributed by atoms with van der Waals surface area (Å²) in [4.78, 5) is 48.0. The molecule has 1 aromatic heterocycles. The molecule has 0 radical (unpaired) electrons. The Morgan fingerprint density at radius 3 is 2.50 bits per heavy atom. The number of amidine groups is 1. The quantitative estimate of drug-likeness (QED) is 0.130. The minimum absolute atomic E-state index is 0.00553. The van der Waals surface area contributed by atoms with Crippen LogP contribution in [0.4, 0.5) is 0 Å². The first-order valence-electron chi connectivity index (χ1n) is 14.7. The highest BCUT2D eigenvalue weighted by Crippen LogP contribution is 2.41. The molecule has 2 fully saturated rings. The molecule has 0 spiro atoms. The molecule has 242 valence electrons. The van der Waals surface area contributed by atoms with E-state index in [2.05, 4.69) is 15.0 Å². The topological polar surface area (TPSA) is 226 Å². The zero-order chi connectivity index (χ0) is 32.9. The van der Waals surface area contributed by atoms with Crippen molar-refractivity contribution in [1.29, 1.82) is 5.26 Å². The van der Waals surface area contributed by atoms with Crippen LogP contribution in [0.15, 0.2) is 17.1 Å². The van der Waals surface area contributed by atoms with E-state index in [1.165, 1.54) is 19.2 Å². The summed E-state index contributed by atoms with van der Waals surface area (Å²) in [6, 6.07) is 3.89. The number of aliphatic hydroxyl groups excluding tert-OH is 1. The molecule has 0 unspecified atom stereocenters. The Balaban J connectivity index is 1.94. The van der Waals surface area contributed by atoms with Gasteiger partial charge < -0.3 is 40.5 Å². The molecule has 0 bridgehead atoms. The number of rotatable bonds is 10. The van der Waals surface area contributed by atoms with Gasteiger partial charge in [-0.05, 0) is 50.2 Å². The first kappa shape index (κ1) is 34.8. The molecule has 1 aromatic rings. The highest BCUT2D eigenvalue weighted by Gasteiger charge is 2.59. The van der Waals surface area contributed by atoms with Crippen LogP contribution in [0, 0.1) is 22.7 Å². The number of aliphatic imine (C=N–C) groups is 1. The van der Waals surface area contributed by atoms with Crippen LogP contribution in [-0.2, 0) is 38.9 Å². The van der Waals surface area contributed by atoms with E-state index in [4.69, 9.17) is 30.4 Å². The highest BCUT2D eigenvalue weighted by molar-refractivity contribution is 6.01. The van der Waals surface area contributed by atoms with Crippen molar-refractivity contribution >= 4 is 30.0 Å². The van der Waals surface area contributed by atoms with Crippen molar-refractivity contribution in [3.8, 4) is 6.07 Å². The van der Waals surface area contributed by atoms with Crippen molar-refractivity contribution < 1.29 is 43.4 Å². The van der Waals surface area contributed by atoms with Crippen LogP contribution in [0.3, 0.4) is 0 Å². The van der Waals surface area contributed by atoms with Crippen LogP contribution in [-0.4, -0.2) is 83.8 Å². The molecule has 7 N–H and O–H groups in total. The number of carbonyl (C=O) groups is 3. The number of hydrogen-bond donors (Lipinski definition) is 5. The summed E-state index contributed by atoms with van der Waals surface area (Å²) in [5.74, 6) is -1.63. The second-order valence-electron chi connectivity index (χ2n) is 12.8. The number of ether oxygens (including phenoxy) is 4. The first-order chi connectivity index (χ1) is 20.6. The van der Waals surface area contributed by atoms with Crippen LogP contribution in [0.5, 0.6) is 0 Å². The molecule has 2 heterocycles. The summed E-state index contributed by atoms with van der Waals surface area (Å²) in [6.45, 7) is 7.99. The molecule has 2 aliphatic rings. The third-order valence-electron chi connectivity index (χ3n) is 8.18. The SMILES string of the molecule is COC(C)(C)C(=O)N=C([NH+]=CN)c1ccc([C@]2(C#N)O[C@H](COC(=O)CC3CCCC3)[C@@H](OC(=O)[C@@H](N)C(C)(C)C)[C@H]2O)[nH]1. The van der Waals surface area contributed by atoms with E-state index in [9.17, 15) is 24.8 Å². The molecule has 14 heteroatoms. The number of nitrogens with zero attached hydrogens (tertiary/aromatic N) is 2. The maximum absolute atomic E-state index is 13.0. The lowest BCUT2D eigenvalue weighted by atomic mass is 9.87. The number of methoxy groups -OCH3 is 1. The van der Waals surface area contributed by atoms with E-state index in [0.29, 0.717) is 0 Å². The van der Waals surface area contributed by atoms with E-state index in [1.807, 2.05) is 6.07 Å². The highest BCUT2D eigenvalue weighted by atomic mass is 16.6. The third kappa shape index (κ3) is 7.71. The average molecular weight is 618 g/mol. The minimum Gasteiger partial charge on any atom is -0.463 e. The average Bonchev–Trinajstić information content (AvgIpc) is 3.72. The van der Waals surface area contributed by atoms with E-state index in [1.54, 1.807) is 34.6 Å². The van der Waals surface area contributed by atoms with Gasteiger partial charge in [0.15, 0.2) is 18.0 Å². The predicted octanol–water partition coefficient (Wildman–Crippen LogP) is -0.332. The summed E-state index contributed by atoms with van der Waals surface area (Å²) in [5, 5.41) is 21.9. The van der Waals surface area contributed by atoms with Crippen molar-refractivity contribution in [2.75, 3.05) is 13.7 Å². The fraction of sp³-hybridized carbons (Fsp3) is 0.667. The summed E-state index contributed by atoms with van der Waals surface area (Å²) >= 11 is 0. The zero-order valence-corrected chi connectivity index (χ0v) is 26.2. The first-order valence-corrected chi connectivity index (χ1v) is 14.7. The minimum atomic E-state index is -2.09. The summed E-state index contributed by atoms with van der Waals surface area (Å²) in [6.07, 6.45) is 0.993. The fourth-order valence-electron chi connectivity index (χ4n) is 5.02. The van der Waals surface area contributed by atoms with Crippen molar-refractivity contribution in [2.24, 2.45) is 27.8 Å². The number of aliphatic hydroxyl groups is 1. The van der Waals surface area contributed by atoms with Crippen LogP contribution in [0.25, 0.3) is 0 Å². The summed E-state index contributed by atoms with van der Waals surface area (Å²) < 4.78 is 22.4. The number of hydrogen-bond acceptors (Lipinski definition) is 10. The fourth-order valence-corrected chi connectivity index (χ4v) is 5.02. The van der Waals surface area contributed by atoms with Gasteiger partial charge in [0, 0.05) is 13.5 Å². The van der Waals surface area contributed by atoms with Crippen molar-refractivity contribution in [1.82, 2.24) is 4.98 Å². The van der Waals surface area contributed by atoms with E-state index in [0.717, 1.165) is 32.0 Å². The van der Waals surface area contributed by atoms with Gasteiger partial charge in [-0.2, -0.15) is 5.26 Å². The molecule has 5 atom stereocenters. The van der Waals surface area contributed by atoms with E-state index >= 15 is 0 Å². The molecule has 1 amide bonds. The Hall–Kier alpha value is -3.64. The number of aromatic nitrogens is 1. The largest absolute Gasteiger partial charge is 0.463 e. The lowest BCUT2D eigenvalue weighted by molar-refractivity contribution is -0.309. The van der Waals surface area contributed by atoms with Gasteiger partial charge in [-0.25, -0.2) is 9.79 Å². The monoisotopic (exact) mass is 617 g/mol. The van der Waals surface area contributed by atoms with Gasteiger partial charge in [-0.3, -0.25) is 9.59 Å². The zero-order valence-electron chi connectivity index (χ0n) is 26.2. The van der Waals surface area contributed by atoms with E-state index < -0.39 is 58.8 Å². The second-order valence-corrected chi connectivity index (χ2v) is 12.8. The van der Waals surface area contributed by atoms with Crippen LogP contribution >= 0.6 is 0 Å². The molecular formula is C30H45N6O8+. The number of H-pyrrole nitrogens is 1. The molecule has 14 nitrogen and oxygen atoms in total. The number of aromatic amines is 1. The Morgan fingerprint density at radius 1 is 1.27 bits per heavy atom. The molecule has 44 heavy (non-hydrogen) atoms. The Morgan fingerprint density at radius 2 is 1.93 bits per heavy atom. The van der Waals surface area contributed by atoms with Gasteiger partial charge in [0.1, 0.15) is 36.6 Å². The Bertz CT molecular complexity index is 1300. The van der Waals surface area contributed by atoms with Crippen molar-refractivity contribution in [2.45, 2.75) is 102 Å². The lowest BCUT2D eigenvalue weighted by Gasteiger charge is -2.28. The predicted molar refractivity (Wildman–Crippen MR) is 158 cm³/mol. The molecule has 1 saturated carbocycles. The number of nitrogens with one attached hydrogen (secondary N) is 2. The summed E-state index contributed by atoms with van der Waals surface area (Å²) in [7, 11) is 1.37. The Labute approximate surface area is 257 Å². The van der Waals surface area contributed by atoms with Crippen LogP contribution in [0.2, 0.25) is 0 Å². The maximum atomic E-state index is 13.0. The molecule has 1 saturated heterocycles. The number of nitrogens with two attached hydrogens (primary N) is 2.